The summed E-state index contributed by atoms with van der Waals surface area (Å²) in [5.74, 6) is -1.74. The Morgan fingerprint density at radius 3 is 2.10 bits per heavy atom. The summed E-state index contributed by atoms with van der Waals surface area (Å²) in [7, 11) is 0. The molecular weight excluding hydrogens is 262 g/mol. The van der Waals surface area contributed by atoms with Crippen LogP contribution in [-0.4, -0.2) is 35.1 Å². The number of carboxylic acid groups (broad SMARTS) is 1. The Kier molecular flexibility index (Phi) is 5.79. The molecule has 20 heavy (non-hydrogen) atoms. The maximum atomic E-state index is 11.8. The van der Waals surface area contributed by atoms with E-state index < -0.39 is 23.9 Å². The molecular formula is C13H23N3O4. The zero-order valence-electron chi connectivity index (χ0n) is 11.9. The molecule has 0 spiro atoms. The molecule has 0 bridgehead atoms. The zero-order valence-corrected chi connectivity index (χ0v) is 11.9. The summed E-state index contributed by atoms with van der Waals surface area (Å²) in [6, 6.07) is -1.18. The van der Waals surface area contributed by atoms with Crippen LogP contribution in [0.25, 0.3) is 0 Å². The standard InChI is InChI=1S/C13H23N3O4/c1-7(2)10(11(14)17)16-13(20)15-9-5-3-8(4-6-9)12(18)19/h7-10H,3-6H2,1-2H3,(H2,14,17)(H,18,19)(H2,15,16,20). The normalized spacial score (nSPS) is 23.9. The molecule has 0 aromatic heterocycles. The molecule has 0 aliphatic heterocycles. The van der Waals surface area contributed by atoms with E-state index in [1.165, 1.54) is 0 Å². The number of carbonyl (C=O) groups is 3. The van der Waals surface area contributed by atoms with Gasteiger partial charge in [0, 0.05) is 6.04 Å². The van der Waals surface area contributed by atoms with Crippen LogP contribution in [0, 0.1) is 11.8 Å². The summed E-state index contributed by atoms with van der Waals surface area (Å²) >= 11 is 0. The van der Waals surface area contributed by atoms with Gasteiger partial charge in [-0.25, -0.2) is 4.79 Å². The molecule has 114 valence electrons. The van der Waals surface area contributed by atoms with Gasteiger partial charge in [0.1, 0.15) is 6.04 Å². The first-order valence-corrected chi connectivity index (χ1v) is 6.90. The van der Waals surface area contributed by atoms with Crippen LogP contribution in [0.5, 0.6) is 0 Å². The lowest BCUT2D eigenvalue weighted by molar-refractivity contribution is -0.142. The number of hydrogen-bond donors (Lipinski definition) is 4. The molecule has 7 heteroatoms. The van der Waals surface area contributed by atoms with Gasteiger partial charge in [-0.15, -0.1) is 0 Å². The van der Waals surface area contributed by atoms with Crippen molar-refractivity contribution >= 4 is 17.9 Å². The fourth-order valence-corrected chi connectivity index (χ4v) is 2.42. The third kappa shape index (κ3) is 4.71. The number of aliphatic carboxylic acids is 1. The second-order valence-electron chi connectivity index (χ2n) is 5.63. The third-order valence-electron chi connectivity index (χ3n) is 3.67. The molecule has 1 fully saturated rings. The van der Waals surface area contributed by atoms with Crippen molar-refractivity contribution in [3.05, 3.63) is 0 Å². The Bertz CT molecular complexity index is 376. The predicted octanol–water partition coefficient (Wildman–Crippen LogP) is 0.439. The zero-order chi connectivity index (χ0) is 15.3. The SMILES string of the molecule is CC(C)C(NC(=O)NC1CCC(C(=O)O)CC1)C(N)=O. The van der Waals surface area contributed by atoms with Crippen LogP contribution < -0.4 is 16.4 Å². The van der Waals surface area contributed by atoms with Crippen molar-refractivity contribution in [3.8, 4) is 0 Å². The fraction of sp³-hybridized carbons (Fsp3) is 0.769. The molecule has 0 saturated heterocycles. The van der Waals surface area contributed by atoms with Gasteiger partial charge in [-0.05, 0) is 31.6 Å². The monoisotopic (exact) mass is 285 g/mol. The molecule has 5 N–H and O–H groups in total. The minimum atomic E-state index is -0.776. The fourth-order valence-electron chi connectivity index (χ4n) is 2.42. The molecule has 3 amide bonds. The predicted molar refractivity (Wildman–Crippen MR) is 72.9 cm³/mol. The quantitative estimate of drug-likeness (QED) is 0.585. The summed E-state index contributed by atoms with van der Waals surface area (Å²) in [5, 5.41) is 14.2. The molecule has 0 radical (unpaired) electrons. The molecule has 7 nitrogen and oxygen atoms in total. The van der Waals surface area contributed by atoms with Gasteiger partial charge in [0.25, 0.3) is 0 Å². The van der Waals surface area contributed by atoms with Gasteiger partial charge in [-0.3, -0.25) is 9.59 Å². The summed E-state index contributed by atoms with van der Waals surface area (Å²) < 4.78 is 0. The molecule has 0 aromatic carbocycles. The highest BCUT2D eigenvalue weighted by atomic mass is 16.4. The number of nitrogens with two attached hydrogens (primary N) is 1. The minimum Gasteiger partial charge on any atom is -0.481 e. The molecule has 0 heterocycles. The van der Waals surface area contributed by atoms with Crippen LogP contribution in [0.4, 0.5) is 4.79 Å². The summed E-state index contributed by atoms with van der Waals surface area (Å²) in [5.41, 5.74) is 5.22. The Balaban J connectivity index is 2.40. The van der Waals surface area contributed by atoms with E-state index in [0.29, 0.717) is 25.7 Å². The second kappa shape index (κ2) is 7.12. The van der Waals surface area contributed by atoms with Gasteiger partial charge in [-0.2, -0.15) is 0 Å². The Morgan fingerprint density at radius 2 is 1.70 bits per heavy atom. The summed E-state index contributed by atoms with van der Waals surface area (Å²) in [6.45, 7) is 3.60. The van der Waals surface area contributed by atoms with Crippen molar-refractivity contribution in [1.29, 1.82) is 0 Å². The van der Waals surface area contributed by atoms with Gasteiger partial charge in [0.15, 0.2) is 0 Å². The van der Waals surface area contributed by atoms with E-state index in [1.807, 2.05) is 0 Å². The average molecular weight is 285 g/mol. The number of urea groups is 1. The Hall–Kier alpha value is -1.79. The Labute approximate surface area is 118 Å². The van der Waals surface area contributed by atoms with E-state index >= 15 is 0 Å². The molecule has 1 aliphatic carbocycles. The van der Waals surface area contributed by atoms with Crippen LogP contribution in [-0.2, 0) is 9.59 Å². The summed E-state index contributed by atoms with van der Waals surface area (Å²) in [6.07, 6.45) is 2.38. The van der Waals surface area contributed by atoms with Crippen LogP contribution >= 0.6 is 0 Å². The van der Waals surface area contributed by atoms with Gasteiger partial charge in [0.2, 0.25) is 5.91 Å². The largest absolute Gasteiger partial charge is 0.481 e. The number of hydrogen-bond acceptors (Lipinski definition) is 3. The Morgan fingerprint density at radius 1 is 1.15 bits per heavy atom. The lowest BCUT2D eigenvalue weighted by Crippen LogP contribution is -2.53. The van der Waals surface area contributed by atoms with Crippen molar-refractivity contribution in [2.75, 3.05) is 0 Å². The van der Waals surface area contributed by atoms with Crippen LogP contribution in [0.1, 0.15) is 39.5 Å². The molecule has 1 saturated carbocycles. The average Bonchev–Trinajstić information content (AvgIpc) is 2.35. The van der Waals surface area contributed by atoms with Gasteiger partial charge >= 0.3 is 12.0 Å². The van der Waals surface area contributed by atoms with Gasteiger partial charge < -0.3 is 21.5 Å². The van der Waals surface area contributed by atoms with Crippen LogP contribution in [0.15, 0.2) is 0 Å². The van der Waals surface area contributed by atoms with Gasteiger partial charge in [0.05, 0.1) is 5.92 Å². The second-order valence-corrected chi connectivity index (χ2v) is 5.63. The highest BCUT2D eigenvalue weighted by molar-refractivity contribution is 5.86. The minimum absolute atomic E-state index is 0.0497. The lowest BCUT2D eigenvalue weighted by atomic mass is 9.86. The number of nitrogens with one attached hydrogen (secondary N) is 2. The van der Waals surface area contributed by atoms with E-state index in [-0.39, 0.29) is 17.9 Å². The number of primary amides is 1. The maximum Gasteiger partial charge on any atom is 0.315 e. The van der Waals surface area contributed by atoms with Crippen LogP contribution in [0.3, 0.4) is 0 Å². The molecule has 1 rings (SSSR count). The first-order valence-electron chi connectivity index (χ1n) is 6.90. The molecule has 1 unspecified atom stereocenters. The van der Waals surface area contributed by atoms with E-state index in [1.54, 1.807) is 13.8 Å². The third-order valence-corrected chi connectivity index (χ3v) is 3.67. The molecule has 1 atom stereocenters. The van der Waals surface area contributed by atoms with E-state index in [4.69, 9.17) is 10.8 Å². The number of amides is 3. The van der Waals surface area contributed by atoms with E-state index in [9.17, 15) is 14.4 Å². The van der Waals surface area contributed by atoms with Crippen molar-refractivity contribution in [2.45, 2.75) is 51.6 Å². The maximum absolute atomic E-state index is 11.8. The van der Waals surface area contributed by atoms with Crippen molar-refractivity contribution < 1.29 is 19.5 Å². The first kappa shape index (κ1) is 16.3. The highest BCUT2D eigenvalue weighted by Crippen LogP contribution is 2.24. The topological polar surface area (TPSA) is 122 Å². The van der Waals surface area contributed by atoms with Crippen LogP contribution in [0.2, 0.25) is 0 Å². The number of carboxylic acids is 1. The summed E-state index contributed by atoms with van der Waals surface area (Å²) in [4.78, 5) is 33.8. The lowest BCUT2D eigenvalue weighted by Gasteiger charge is -2.28. The van der Waals surface area contributed by atoms with E-state index in [2.05, 4.69) is 10.6 Å². The smallest absolute Gasteiger partial charge is 0.315 e. The van der Waals surface area contributed by atoms with E-state index in [0.717, 1.165) is 0 Å². The first-order chi connectivity index (χ1) is 9.31. The number of rotatable bonds is 5. The molecule has 1 aliphatic rings. The highest BCUT2D eigenvalue weighted by Gasteiger charge is 2.28. The van der Waals surface area contributed by atoms with Crippen molar-refractivity contribution in [1.82, 2.24) is 10.6 Å². The number of carbonyl (C=O) groups excluding carboxylic acids is 2. The van der Waals surface area contributed by atoms with Gasteiger partial charge in [-0.1, -0.05) is 13.8 Å². The van der Waals surface area contributed by atoms with Crippen molar-refractivity contribution in [2.24, 2.45) is 17.6 Å². The van der Waals surface area contributed by atoms with Crippen molar-refractivity contribution in [3.63, 3.8) is 0 Å². The molecule has 0 aromatic rings.